The van der Waals surface area contributed by atoms with E-state index in [2.05, 4.69) is 10.0 Å². The minimum absolute atomic E-state index is 0.242. The van der Waals surface area contributed by atoms with Gasteiger partial charge in [0.15, 0.2) is 0 Å². The van der Waals surface area contributed by atoms with Crippen molar-refractivity contribution in [2.75, 3.05) is 13.2 Å². The Morgan fingerprint density at radius 2 is 2.00 bits per heavy atom. The van der Waals surface area contributed by atoms with Crippen molar-refractivity contribution in [2.24, 2.45) is 5.11 Å². The number of rotatable bonds is 5. The van der Waals surface area contributed by atoms with Crippen LogP contribution in [0.25, 0.3) is 32.4 Å². The summed E-state index contributed by atoms with van der Waals surface area (Å²) in [7, 11) is 0. The second-order valence-electron chi connectivity index (χ2n) is 5.67. The van der Waals surface area contributed by atoms with Gasteiger partial charge in [-0.15, -0.1) is 0 Å². The predicted octanol–water partition coefficient (Wildman–Crippen LogP) is 4.29. The molecule has 2 heterocycles. The van der Waals surface area contributed by atoms with Gasteiger partial charge in [0.05, 0.1) is 19.5 Å². The van der Waals surface area contributed by atoms with Gasteiger partial charge in [-0.2, -0.15) is 0 Å². The van der Waals surface area contributed by atoms with Gasteiger partial charge < -0.3 is 13.6 Å². The summed E-state index contributed by atoms with van der Waals surface area (Å²) in [6, 6.07) is 1.45. The fourth-order valence-electron chi connectivity index (χ4n) is 3.08. The van der Waals surface area contributed by atoms with Crippen molar-refractivity contribution in [3.05, 3.63) is 55.4 Å². The van der Waals surface area contributed by atoms with E-state index in [4.69, 9.17) is 19.1 Å². The fraction of sp³-hybridized carbons (Fsp3) is 0.353. The van der Waals surface area contributed by atoms with Crippen LogP contribution in [0.2, 0.25) is 0 Å². The number of nitrogens with zero attached hydrogens (tertiary/aromatic N) is 3. The molecule has 0 fully saturated rings. The molecular weight excluding hydrogens is 310 g/mol. The highest BCUT2D eigenvalue weighted by Crippen LogP contribution is 2.35. The highest BCUT2D eigenvalue weighted by molar-refractivity contribution is 6.03. The van der Waals surface area contributed by atoms with E-state index < -0.39 is 5.63 Å². The molecule has 2 aromatic heterocycles. The molecule has 1 aromatic carbocycles. The summed E-state index contributed by atoms with van der Waals surface area (Å²) in [6.45, 7) is 6.62. The molecule has 24 heavy (non-hydrogen) atoms. The van der Waals surface area contributed by atoms with Crippen LogP contribution >= 0.6 is 0 Å². The molecule has 3 rings (SSSR count). The molecule has 0 saturated carbocycles. The number of aryl methyl sites for hydroxylation is 3. The number of hydrogen-bond acceptors (Lipinski definition) is 5. The maximum atomic E-state index is 11.9. The normalized spacial score (nSPS) is 11.1. The molecule has 0 bridgehead atoms. The first-order valence-electron chi connectivity index (χ1n) is 7.57. The molecule has 3 aromatic rings. The summed E-state index contributed by atoms with van der Waals surface area (Å²) in [6.07, 6.45) is 1.71. The zero-order chi connectivity index (χ0) is 17.3. The number of benzene rings is 1. The fourth-order valence-corrected chi connectivity index (χ4v) is 3.08. The first-order valence-corrected chi connectivity index (χ1v) is 7.57. The Morgan fingerprint density at radius 3 is 2.75 bits per heavy atom. The molecule has 7 heteroatoms. The molecule has 0 radical (unpaired) electrons. The maximum absolute atomic E-state index is 11.9. The van der Waals surface area contributed by atoms with Gasteiger partial charge in [-0.25, -0.2) is 4.79 Å². The third-order valence-corrected chi connectivity index (χ3v) is 4.11. The molecule has 0 aliphatic carbocycles. The molecule has 124 valence electrons. The molecule has 0 aliphatic rings. The van der Waals surface area contributed by atoms with Crippen molar-refractivity contribution in [3.8, 4) is 0 Å². The van der Waals surface area contributed by atoms with Crippen LogP contribution in [0.3, 0.4) is 0 Å². The number of azide groups is 1. The van der Waals surface area contributed by atoms with Crippen molar-refractivity contribution >= 4 is 21.9 Å². The minimum atomic E-state index is -0.429. The lowest BCUT2D eigenvalue weighted by Crippen LogP contribution is -2.06. The monoisotopic (exact) mass is 327 g/mol. The van der Waals surface area contributed by atoms with Crippen molar-refractivity contribution in [2.45, 2.75) is 27.4 Å². The summed E-state index contributed by atoms with van der Waals surface area (Å²) < 4.78 is 16.6. The van der Waals surface area contributed by atoms with Crippen molar-refractivity contribution < 1.29 is 13.6 Å². The summed E-state index contributed by atoms with van der Waals surface area (Å²) in [5, 5.41) is 5.32. The van der Waals surface area contributed by atoms with Crippen molar-refractivity contribution in [1.29, 1.82) is 0 Å². The lowest BCUT2D eigenvalue weighted by Gasteiger charge is -2.12. The van der Waals surface area contributed by atoms with Crippen LogP contribution in [-0.2, 0) is 11.3 Å². The summed E-state index contributed by atoms with van der Waals surface area (Å²) >= 11 is 0. The van der Waals surface area contributed by atoms with Crippen LogP contribution in [0.15, 0.2) is 31.1 Å². The topological polar surface area (TPSA) is 101 Å². The highest BCUT2D eigenvalue weighted by Gasteiger charge is 2.18. The number of hydrogen-bond donors (Lipinski definition) is 0. The Bertz CT molecular complexity index is 1030. The van der Waals surface area contributed by atoms with E-state index in [0.29, 0.717) is 5.58 Å². The van der Waals surface area contributed by atoms with Crippen LogP contribution < -0.4 is 5.63 Å². The Balaban J connectivity index is 2.16. The van der Waals surface area contributed by atoms with E-state index in [1.54, 1.807) is 6.26 Å². The third kappa shape index (κ3) is 2.64. The summed E-state index contributed by atoms with van der Waals surface area (Å²) in [5.74, 6) is 0. The van der Waals surface area contributed by atoms with Crippen LogP contribution in [0, 0.1) is 20.8 Å². The Hall–Kier alpha value is -2.76. The molecule has 0 spiro atoms. The molecule has 0 aliphatic heterocycles. The van der Waals surface area contributed by atoms with Gasteiger partial charge in [0, 0.05) is 33.9 Å². The van der Waals surface area contributed by atoms with Crippen molar-refractivity contribution in [1.82, 2.24) is 0 Å². The van der Waals surface area contributed by atoms with Gasteiger partial charge in [0.25, 0.3) is 0 Å². The summed E-state index contributed by atoms with van der Waals surface area (Å²) in [5.41, 5.74) is 12.7. The van der Waals surface area contributed by atoms with Gasteiger partial charge in [-0.1, -0.05) is 5.11 Å². The average Bonchev–Trinajstić information content (AvgIpc) is 2.94. The first-order chi connectivity index (χ1) is 11.5. The quantitative estimate of drug-likeness (QED) is 0.229. The Kier molecular flexibility index (Phi) is 4.29. The second kappa shape index (κ2) is 6.39. The number of fused-ring (bicyclic) bond motifs is 2. The average molecular weight is 327 g/mol. The lowest BCUT2D eigenvalue weighted by atomic mass is 9.97. The van der Waals surface area contributed by atoms with Crippen LogP contribution in [-0.4, -0.2) is 13.2 Å². The largest absolute Gasteiger partial charge is 0.464 e. The van der Waals surface area contributed by atoms with E-state index in [1.807, 2.05) is 20.8 Å². The lowest BCUT2D eigenvalue weighted by molar-refractivity contribution is 0.129. The smallest absolute Gasteiger partial charge is 0.336 e. The zero-order valence-corrected chi connectivity index (χ0v) is 13.8. The molecule has 0 N–H and O–H groups in total. The van der Waals surface area contributed by atoms with E-state index in [9.17, 15) is 4.79 Å². The standard InChI is InChI=1S/C17H17N3O4/c1-9-7-23-16-11(3)17-15(10(2)14(9)16)12(6-13(21)24-17)8-22-5-4-19-20-18/h6-7H,4-5,8H2,1-3H3. The van der Waals surface area contributed by atoms with E-state index in [1.165, 1.54) is 6.07 Å². The maximum Gasteiger partial charge on any atom is 0.336 e. The molecular formula is C17H17N3O4. The molecule has 0 atom stereocenters. The highest BCUT2D eigenvalue weighted by atomic mass is 16.5. The van der Waals surface area contributed by atoms with E-state index in [0.717, 1.165) is 38.6 Å². The molecule has 0 unspecified atom stereocenters. The molecule has 0 amide bonds. The van der Waals surface area contributed by atoms with Crippen LogP contribution in [0.4, 0.5) is 0 Å². The van der Waals surface area contributed by atoms with Gasteiger partial charge in [-0.05, 0) is 43.0 Å². The van der Waals surface area contributed by atoms with Crippen molar-refractivity contribution in [3.63, 3.8) is 0 Å². The van der Waals surface area contributed by atoms with Gasteiger partial charge in [0.1, 0.15) is 11.2 Å². The summed E-state index contributed by atoms with van der Waals surface area (Å²) in [4.78, 5) is 14.6. The molecule has 7 nitrogen and oxygen atoms in total. The second-order valence-corrected chi connectivity index (χ2v) is 5.67. The van der Waals surface area contributed by atoms with Crippen LogP contribution in [0.1, 0.15) is 22.3 Å². The van der Waals surface area contributed by atoms with E-state index >= 15 is 0 Å². The van der Waals surface area contributed by atoms with Gasteiger partial charge in [0.2, 0.25) is 0 Å². The third-order valence-electron chi connectivity index (χ3n) is 4.11. The van der Waals surface area contributed by atoms with Gasteiger partial charge in [-0.3, -0.25) is 0 Å². The predicted molar refractivity (Wildman–Crippen MR) is 90.1 cm³/mol. The number of ether oxygens (including phenoxy) is 1. The van der Waals surface area contributed by atoms with Gasteiger partial charge >= 0.3 is 5.63 Å². The first kappa shape index (κ1) is 16.1. The Morgan fingerprint density at radius 1 is 1.21 bits per heavy atom. The zero-order valence-electron chi connectivity index (χ0n) is 13.8. The minimum Gasteiger partial charge on any atom is -0.464 e. The van der Waals surface area contributed by atoms with E-state index in [-0.39, 0.29) is 19.8 Å². The molecule has 0 saturated heterocycles. The Labute approximate surface area is 137 Å². The SMILES string of the molecule is Cc1c2occ(C)c2c(C)c2c(COCCN=[N+]=[N-])cc(=O)oc12. The number of furan rings is 1. The van der Waals surface area contributed by atoms with Crippen LogP contribution in [0.5, 0.6) is 0 Å².